The van der Waals surface area contributed by atoms with Crippen molar-refractivity contribution in [3.05, 3.63) is 77.5 Å². The van der Waals surface area contributed by atoms with E-state index in [1.807, 2.05) is 0 Å². The van der Waals surface area contributed by atoms with E-state index in [1.54, 1.807) is 38.1 Å². The molecule has 0 aliphatic rings. The molecule has 3 aromatic rings. The van der Waals surface area contributed by atoms with E-state index >= 15 is 0 Å². The highest BCUT2D eigenvalue weighted by molar-refractivity contribution is 7.91. The normalized spacial score (nSPS) is 12.2. The highest BCUT2D eigenvalue weighted by Gasteiger charge is 2.33. The van der Waals surface area contributed by atoms with E-state index in [4.69, 9.17) is 0 Å². The largest absolute Gasteiger partial charge is 0.416 e. The highest BCUT2D eigenvalue weighted by Crippen LogP contribution is 2.37. The van der Waals surface area contributed by atoms with Gasteiger partial charge in [-0.1, -0.05) is 29.8 Å². The first-order chi connectivity index (χ1) is 12.6. The first kappa shape index (κ1) is 19.1. The average Bonchev–Trinajstić information content (AvgIpc) is 2.61. The van der Waals surface area contributed by atoms with Crippen molar-refractivity contribution in [1.29, 1.82) is 0 Å². The van der Waals surface area contributed by atoms with Crippen LogP contribution >= 0.6 is 0 Å². The summed E-state index contributed by atoms with van der Waals surface area (Å²) in [5.41, 5.74) is 0.959. The van der Waals surface area contributed by atoms with E-state index in [9.17, 15) is 21.6 Å². The summed E-state index contributed by atoms with van der Waals surface area (Å²) in [6, 6.07) is 12.1. The van der Waals surface area contributed by atoms with Crippen LogP contribution in [0.25, 0.3) is 11.3 Å². The molecule has 7 heteroatoms. The summed E-state index contributed by atoms with van der Waals surface area (Å²) in [6.45, 7) is 3.52. The third-order valence-corrected chi connectivity index (χ3v) is 6.00. The molecule has 3 rings (SSSR count). The smallest absolute Gasteiger partial charge is 0.256 e. The number of aryl methyl sites for hydroxylation is 2. The van der Waals surface area contributed by atoms with Crippen LogP contribution in [-0.2, 0) is 16.0 Å². The predicted octanol–water partition coefficient (Wildman–Crippen LogP) is 5.22. The quantitative estimate of drug-likeness (QED) is 0.615. The molecule has 0 radical (unpaired) electrons. The number of nitrogens with zero attached hydrogens (tertiary/aromatic N) is 1. The van der Waals surface area contributed by atoms with Crippen LogP contribution in [0.15, 0.2) is 70.6 Å². The summed E-state index contributed by atoms with van der Waals surface area (Å²) < 4.78 is 65.9. The number of benzene rings is 2. The van der Waals surface area contributed by atoms with Crippen LogP contribution in [0.5, 0.6) is 0 Å². The maximum atomic E-state index is 13.2. The average molecular weight is 391 g/mol. The molecule has 27 heavy (non-hydrogen) atoms. The summed E-state index contributed by atoms with van der Waals surface area (Å²) in [5.74, 6) is 0. The molecule has 3 nitrogen and oxygen atoms in total. The number of sulfone groups is 1. The topological polar surface area (TPSA) is 47.0 Å². The minimum absolute atomic E-state index is 0.0674. The molecule has 1 heterocycles. The standard InChI is InChI=1S/C20H16F3NO2S/c1-13-5-8-16(9-6-13)27(25,26)18-12-15(20(21,22)23)7-10-17(18)19-14(2)4-3-11-24-19/h3-12H,1-2H3. The van der Waals surface area contributed by atoms with Gasteiger partial charge in [0.2, 0.25) is 9.84 Å². The first-order valence-electron chi connectivity index (χ1n) is 8.06. The Balaban J connectivity index is 2.31. The third-order valence-electron chi connectivity index (χ3n) is 4.19. The lowest BCUT2D eigenvalue weighted by Crippen LogP contribution is -2.10. The van der Waals surface area contributed by atoms with Gasteiger partial charge in [-0.3, -0.25) is 4.98 Å². The molecule has 0 saturated carbocycles. The maximum Gasteiger partial charge on any atom is 0.416 e. The van der Waals surface area contributed by atoms with E-state index in [0.717, 1.165) is 11.6 Å². The summed E-state index contributed by atoms with van der Waals surface area (Å²) in [6.07, 6.45) is -3.18. The van der Waals surface area contributed by atoms with Gasteiger partial charge in [-0.05, 0) is 49.7 Å². The van der Waals surface area contributed by atoms with Crippen molar-refractivity contribution < 1.29 is 21.6 Å². The zero-order valence-corrected chi connectivity index (χ0v) is 15.4. The van der Waals surface area contributed by atoms with Crippen LogP contribution < -0.4 is 0 Å². The second-order valence-electron chi connectivity index (χ2n) is 6.19. The Kier molecular flexibility index (Phi) is 4.82. The summed E-state index contributed by atoms with van der Waals surface area (Å²) in [5, 5.41) is 0. The molecular formula is C20H16F3NO2S. The fourth-order valence-electron chi connectivity index (χ4n) is 2.73. The van der Waals surface area contributed by atoms with Gasteiger partial charge in [-0.15, -0.1) is 0 Å². The second-order valence-corrected chi connectivity index (χ2v) is 8.11. The third kappa shape index (κ3) is 3.73. The van der Waals surface area contributed by atoms with Gasteiger partial charge in [-0.2, -0.15) is 13.2 Å². The molecule has 0 amide bonds. The Morgan fingerprint density at radius 3 is 2.19 bits per heavy atom. The minimum Gasteiger partial charge on any atom is -0.256 e. The van der Waals surface area contributed by atoms with Gasteiger partial charge in [0.15, 0.2) is 0 Å². The monoisotopic (exact) mass is 391 g/mol. The van der Waals surface area contributed by atoms with Crippen LogP contribution in [0, 0.1) is 13.8 Å². The zero-order chi connectivity index (χ0) is 19.8. The van der Waals surface area contributed by atoms with Gasteiger partial charge in [0.05, 0.1) is 21.0 Å². The molecule has 0 bridgehead atoms. The number of aromatic nitrogens is 1. The van der Waals surface area contributed by atoms with Crippen LogP contribution in [0.3, 0.4) is 0 Å². The maximum absolute atomic E-state index is 13.2. The Labute approximate surface area is 155 Å². The van der Waals surface area contributed by atoms with Crippen molar-refractivity contribution in [3.63, 3.8) is 0 Å². The van der Waals surface area contributed by atoms with Crippen LogP contribution in [0.4, 0.5) is 13.2 Å². The van der Waals surface area contributed by atoms with Crippen molar-refractivity contribution in [1.82, 2.24) is 4.98 Å². The van der Waals surface area contributed by atoms with Crippen molar-refractivity contribution in [2.75, 3.05) is 0 Å². The number of rotatable bonds is 3. The number of pyridine rings is 1. The molecular weight excluding hydrogens is 375 g/mol. The van der Waals surface area contributed by atoms with Gasteiger partial charge < -0.3 is 0 Å². The van der Waals surface area contributed by atoms with Gasteiger partial charge in [0, 0.05) is 11.8 Å². The lowest BCUT2D eigenvalue weighted by Gasteiger charge is -2.15. The van der Waals surface area contributed by atoms with Crippen LogP contribution in [-0.4, -0.2) is 13.4 Å². The Morgan fingerprint density at radius 1 is 0.926 bits per heavy atom. The molecule has 0 unspecified atom stereocenters. The summed E-state index contributed by atoms with van der Waals surface area (Å²) >= 11 is 0. The van der Waals surface area contributed by atoms with Crippen LogP contribution in [0.1, 0.15) is 16.7 Å². The molecule has 140 valence electrons. The zero-order valence-electron chi connectivity index (χ0n) is 14.6. The number of alkyl halides is 3. The Morgan fingerprint density at radius 2 is 1.59 bits per heavy atom. The molecule has 0 atom stereocenters. The molecule has 1 aromatic heterocycles. The lowest BCUT2D eigenvalue weighted by molar-refractivity contribution is -0.137. The van der Waals surface area contributed by atoms with E-state index in [2.05, 4.69) is 4.98 Å². The van der Waals surface area contributed by atoms with E-state index in [0.29, 0.717) is 17.3 Å². The summed E-state index contributed by atoms with van der Waals surface area (Å²) in [4.78, 5) is 3.70. The van der Waals surface area contributed by atoms with Crippen molar-refractivity contribution in [3.8, 4) is 11.3 Å². The SMILES string of the molecule is Cc1ccc(S(=O)(=O)c2cc(C(F)(F)F)ccc2-c2ncccc2C)cc1. The molecule has 0 aliphatic carbocycles. The number of hydrogen-bond acceptors (Lipinski definition) is 3. The molecule has 0 fully saturated rings. The van der Waals surface area contributed by atoms with Gasteiger partial charge in [0.1, 0.15) is 0 Å². The number of hydrogen-bond donors (Lipinski definition) is 0. The van der Waals surface area contributed by atoms with Crippen molar-refractivity contribution in [2.45, 2.75) is 29.8 Å². The molecule has 0 aliphatic heterocycles. The van der Waals surface area contributed by atoms with E-state index in [1.165, 1.54) is 24.4 Å². The fraction of sp³-hybridized carbons (Fsp3) is 0.150. The number of halogens is 3. The molecule has 2 aromatic carbocycles. The van der Waals surface area contributed by atoms with Crippen molar-refractivity contribution >= 4 is 9.84 Å². The van der Waals surface area contributed by atoms with Crippen molar-refractivity contribution in [2.24, 2.45) is 0 Å². The highest BCUT2D eigenvalue weighted by atomic mass is 32.2. The second kappa shape index (κ2) is 6.81. The van der Waals surface area contributed by atoms with Gasteiger partial charge in [0.25, 0.3) is 0 Å². The Bertz CT molecular complexity index is 1090. The van der Waals surface area contributed by atoms with E-state index in [-0.39, 0.29) is 10.5 Å². The minimum atomic E-state index is -4.66. The fourth-order valence-corrected chi connectivity index (χ4v) is 4.21. The molecule has 0 N–H and O–H groups in total. The molecule has 0 spiro atoms. The van der Waals surface area contributed by atoms with Crippen LogP contribution in [0.2, 0.25) is 0 Å². The lowest BCUT2D eigenvalue weighted by atomic mass is 10.0. The first-order valence-corrected chi connectivity index (χ1v) is 9.54. The predicted molar refractivity (Wildman–Crippen MR) is 96.0 cm³/mol. The molecule has 0 saturated heterocycles. The Hall–Kier alpha value is -2.67. The summed E-state index contributed by atoms with van der Waals surface area (Å²) in [7, 11) is -4.17. The van der Waals surface area contributed by atoms with Gasteiger partial charge >= 0.3 is 6.18 Å². The van der Waals surface area contributed by atoms with E-state index < -0.39 is 26.5 Å². The van der Waals surface area contributed by atoms with Gasteiger partial charge in [-0.25, -0.2) is 8.42 Å².